The van der Waals surface area contributed by atoms with Crippen molar-refractivity contribution in [2.24, 2.45) is 5.73 Å². The smallest absolute Gasteiger partial charge is 0.255 e. The van der Waals surface area contributed by atoms with Crippen molar-refractivity contribution in [3.8, 4) is 5.75 Å². The lowest BCUT2D eigenvalue weighted by Gasteiger charge is -2.36. The number of aromatic nitrogens is 1. The molecule has 0 radical (unpaired) electrons. The van der Waals surface area contributed by atoms with Gasteiger partial charge in [-0.05, 0) is 74.6 Å². The van der Waals surface area contributed by atoms with E-state index in [-0.39, 0.29) is 17.2 Å². The summed E-state index contributed by atoms with van der Waals surface area (Å²) in [5.41, 5.74) is 8.27. The molecule has 2 aromatic rings. The zero-order valence-corrected chi connectivity index (χ0v) is 14.5. The lowest BCUT2D eigenvalue weighted by atomic mass is 9.79. The normalized spacial score (nSPS) is 24.0. The van der Waals surface area contributed by atoms with Crippen LogP contribution in [0.15, 0.2) is 35.8 Å². The van der Waals surface area contributed by atoms with Crippen molar-refractivity contribution in [1.29, 1.82) is 0 Å². The maximum atomic E-state index is 12.0. The van der Waals surface area contributed by atoms with Crippen LogP contribution in [0.1, 0.15) is 43.2 Å². The Balaban J connectivity index is 1.81. The second kappa shape index (κ2) is 6.44. The fourth-order valence-electron chi connectivity index (χ4n) is 3.61. The first-order valence-electron chi connectivity index (χ1n) is 8.61. The molecule has 1 fully saturated rings. The third-order valence-corrected chi connectivity index (χ3v) is 5.18. The molecule has 0 atom stereocenters. The van der Waals surface area contributed by atoms with Crippen LogP contribution in [0.3, 0.4) is 0 Å². The predicted molar refractivity (Wildman–Crippen MR) is 98.7 cm³/mol. The minimum absolute atomic E-state index is 0.0553. The van der Waals surface area contributed by atoms with Gasteiger partial charge in [-0.1, -0.05) is 6.08 Å². The SMILES string of the molecule is C=CCC1(N)CCC(Oc2cc3c(C)c[nH]c(=O)c3cc2C)CC1. The summed E-state index contributed by atoms with van der Waals surface area (Å²) in [6.07, 6.45) is 8.52. The van der Waals surface area contributed by atoms with E-state index in [1.165, 1.54) is 0 Å². The van der Waals surface area contributed by atoms with Crippen LogP contribution < -0.4 is 16.0 Å². The quantitative estimate of drug-likeness (QED) is 0.841. The Morgan fingerprint density at radius 3 is 2.67 bits per heavy atom. The van der Waals surface area contributed by atoms with E-state index < -0.39 is 0 Å². The number of aryl methyl sites for hydroxylation is 2. The third kappa shape index (κ3) is 3.24. The Morgan fingerprint density at radius 1 is 1.29 bits per heavy atom. The summed E-state index contributed by atoms with van der Waals surface area (Å²) in [7, 11) is 0. The average molecular weight is 326 g/mol. The first-order chi connectivity index (χ1) is 11.4. The fourth-order valence-corrected chi connectivity index (χ4v) is 3.61. The molecule has 1 heterocycles. The summed E-state index contributed by atoms with van der Waals surface area (Å²) in [6, 6.07) is 3.92. The highest BCUT2D eigenvalue weighted by atomic mass is 16.5. The molecule has 1 aliphatic carbocycles. The summed E-state index contributed by atoms with van der Waals surface area (Å²) < 4.78 is 6.27. The lowest BCUT2D eigenvalue weighted by Crippen LogP contribution is -2.44. The molecule has 128 valence electrons. The number of rotatable bonds is 4. The van der Waals surface area contributed by atoms with Crippen molar-refractivity contribution in [2.75, 3.05) is 0 Å². The molecule has 1 aromatic carbocycles. The monoisotopic (exact) mass is 326 g/mol. The van der Waals surface area contributed by atoms with Crippen LogP contribution >= 0.6 is 0 Å². The maximum Gasteiger partial charge on any atom is 0.255 e. The largest absolute Gasteiger partial charge is 0.490 e. The second-order valence-electron chi connectivity index (χ2n) is 7.14. The van der Waals surface area contributed by atoms with E-state index in [1.807, 2.05) is 32.1 Å². The van der Waals surface area contributed by atoms with Gasteiger partial charge < -0.3 is 15.5 Å². The molecule has 3 rings (SSSR count). The molecule has 24 heavy (non-hydrogen) atoms. The van der Waals surface area contributed by atoms with Gasteiger partial charge in [0.1, 0.15) is 5.75 Å². The topological polar surface area (TPSA) is 68.1 Å². The standard InChI is InChI=1S/C20H26N2O2/c1-4-7-20(21)8-5-15(6-9-20)24-18-11-16-14(3)12-22-19(23)17(16)10-13(18)2/h4,10-12,15H,1,5-9,21H2,2-3H3,(H,22,23). The molecule has 3 N–H and O–H groups in total. The molecule has 0 spiro atoms. The highest BCUT2D eigenvalue weighted by Gasteiger charge is 2.31. The Kier molecular flexibility index (Phi) is 4.50. The van der Waals surface area contributed by atoms with E-state index in [2.05, 4.69) is 11.6 Å². The molecular formula is C20H26N2O2. The number of nitrogens with two attached hydrogens (primary N) is 1. The van der Waals surface area contributed by atoms with Gasteiger partial charge in [0, 0.05) is 17.1 Å². The van der Waals surface area contributed by atoms with E-state index in [0.717, 1.165) is 59.8 Å². The highest BCUT2D eigenvalue weighted by molar-refractivity contribution is 5.86. The number of aromatic amines is 1. The van der Waals surface area contributed by atoms with Gasteiger partial charge >= 0.3 is 0 Å². The second-order valence-corrected chi connectivity index (χ2v) is 7.14. The van der Waals surface area contributed by atoms with Gasteiger partial charge in [-0.2, -0.15) is 0 Å². The number of ether oxygens (including phenoxy) is 1. The average Bonchev–Trinajstić information content (AvgIpc) is 2.55. The number of hydrogen-bond acceptors (Lipinski definition) is 3. The van der Waals surface area contributed by atoms with Gasteiger partial charge in [0.25, 0.3) is 5.56 Å². The molecule has 4 heteroatoms. The molecule has 1 aromatic heterocycles. The molecular weight excluding hydrogens is 300 g/mol. The van der Waals surface area contributed by atoms with Gasteiger partial charge in [-0.3, -0.25) is 4.79 Å². The Morgan fingerprint density at radius 2 is 2.00 bits per heavy atom. The number of fused-ring (bicyclic) bond motifs is 1. The van der Waals surface area contributed by atoms with Crippen LogP contribution in [0.2, 0.25) is 0 Å². The van der Waals surface area contributed by atoms with Crippen LogP contribution in [0.4, 0.5) is 0 Å². The fraction of sp³-hybridized carbons (Fsp3) is 0.450. The number of nitrogens with one attached hydrogen (secondary N) is 1. The van der Waals surface area contributed by atoms with Gasteiger partial charge in [-0.15, -0.1) is 6.58 Å². The van der Waals surface area contributed by atoms with Gasteiger partial charge in [0.2, 0.25) is 0 Å². The molecule has 1 saturated carbocycles. The number of benzene rings is 1. The Labute approximate surface area is 142 Å². The lowest BCUT2D eigenvalue weighted by molar-refractivity contribution is 0.118. The van der Waals surface area contributed by atoms with Crippen molar-refractivity contribution in [1.82, 2.24) is 4.98 Å². The minimum Gasteiger partial charge on any atom is -0.490 e. The van der Waals surface area contributed by atoms with E-state index >= 15 is 0 Å². The Hall–Kier alpha value is -2.07. The molecule has 0 saturated heterocycles. The number of hydrogen-bond donors (Lipinski definition) is 2. The molecule has 0 aliphatic heterocycles. The summed E-state index contributed by atoms with van der Waals surface area (Å²) >= 11 is 0. The Bertz CT molecular complexity index is 814. The summed E-state index contributed by atoms with van der Waals surface area (Å²) in [4.78, 5) is 14.8. The van der Waals surface area contributed by atoms with Crippen LogP contribution in [0, 0.1) is 13.8 Å². The maximum absolute atomic E-state index is 12.0. The first kappa shape index (κ1) is 16.8. The highest BCUT2D eigenvalue weighted by Crippen LogP contribution is 2.33. The zero-order valence-electron chi connectivity index (χ0n) is 14.5. The van der Waals surface area contributed by atoms with Gasteiger partial charge in [-0.25, -0.2) is 0 Å². The zero-order chi connectivity index (χ0) is 17.3. The van der Waals surface area contributed by atoms with Crippen LogP contribution in [-0.2, 0) is 0 Å². The molecule has 4 nitrogen and oxygen atoms in total. The van der Waals surface area contributed by atoms with Crippen molar-refractivity contribution < 1.29 is 4.74 Å². The van der Waals surface area contributed by atoms with Crippen molar-refractivity contribution >= 4 is 10.8 Å². The van der Waals surface area contributed by atoms with Crippen LogP contribution in [0.5, 0.6) is 5.75 Å². The summed E-state index contributed by atoms with van der Waals surface area (Å²) in [5.74, 6) is 0.870. The van der Waals surface area contributed by atoms with Gasteiger partial charge in [0.05, 0.1) is 6.10 Å². The van der Waals surface area contributed by atoms with E-state index in [1.54, 1.807) is 6.20 Å². The van der Waals surface area contributed by atoms with Crippen LogP contribution in [0.25, 0.3) is 10.8 Å². The molecule has 0 unspecified atom stereocenters. The number of H-pyrrole nitrogens is 1. The van der Waals surface area contributed by atoms with E-state index in [4.69, 9.17) is 10.5 Å². The molecule has 1 aliphatic rings. The first-order valence-corrected chi connectivity index (χ1v) is 8.61. The summed E-state index contributed by atoms with van der Waals surface area (Å²) in [6.45, 7) is 7.79. The van der Waals surface area contributed by atoms with Gasteiger partial charge in [0.15, 0.2) is 0 Å². The van der Waals surface area contributed by atoms with E-state index in [0.29, 0.717) is 0 Å². The number of pyridine rings is 1. The van der Waals surface area contributed by atoms with Crippen molar-refractivity contribution in [2.45, 2.75) is 57.6 Å². The summed E-state index contributed by atoms with van der Waals surface area (Å²) in [5, 5.41) is 1.67. The van der Waals surface area contributed by atoms with Crippen molar-refractivity contribution in [3.63, 3.8) is 0 Å². The minimum atomic E-state index is -0.121. The molecule has 0 amide bonds. The predicted octanol–water partition coefficient (Wildman–Crippen LogP) is 3.74. The molecule has 0 bridgehead atoms. The van der Waals surface area contributed by atoms with E-state index in [9.17, 15) is 4.79 Å². The van der Waals surface area contributed by atoms with Crippen LogP contribution in [-0.4, -0.2) is 16.6 Å². The third-order valence-electron chi connectivity index (χ3n) is 5.18. The van der Waals surface area contributed by atoms with Crippen molar-refractivity contribution in [3.05, 3.63) is 52.5 Å².